The number of fused-ring (bicyclic) bond motifs is 1. The van der Waals surface area contributed by atoms with Crippen molar-refractivity contribution in [1.82, 2.24) is 0 Å². The van der Waals surface area contributed by atoms with Gasteiger partial charge < -0.3 is 0 Å². The van der Waals surface area contributed by atoms with Crippen LogP contribution in [0.1, 0.15) is 27.2 Å². The van der Waals surface area contributed by atoms with Crippen LogP contribution in [0.5, 0.6) is 0 Å². The summed E-state index contributed by atoms with van der Waals surface area (Å²) in [4.78, 5) is 4.49. The highest BCUT2D eigenvalue weighted by Gasteiger charge is 2.34. The van der Waals surface area contributed by atoms with E-state index in [0.717, 1.165) is 22.6 Å². The summed E-state index contributed by atoms with van der Waals surface area (Å²) < 4.78 is 0. The van der Waals surface area contributed by atoms with Crippen molar-refractivity contribution < 1.29 is 0 Å². The summed E-state index contributed by atoms with van der Waals surface area (Å²) in [6.07, 6.45) is 10.1. The minimum Gasteiger partial charge on any atom is -0.247 e. The van der Waals surface area contributed by atoms with Crippen LogP contribution in [0.15, 0.2) is 28.9 Å². The van der Waals surface area contributed by atoms with Gasteiger partial charge in [0, 0.05) is 0 Å². The zero-order valence-electron chi connectivity index (χ0n) is 9.45. The van der Waals surface area contributed by atoms with Crippen molar-refractivity contribution in [3.8, 4) is 0 Å². The Morgan fingerprint density at radius 2 is 2.14 bits per heavy atom. The molecule has 14 heavy (non-hydrogen) atoms. The maximum Gasteiger partial charge on any atom is 0.0704 e. The largest absolute Gasteiger partial charge is 0.247 e. The fourth-order valence-electron chi connectivity index (χ4n) is 1.45. The van der Waals surface area contributed by atoms with E-state index >= 15 is 0 Å². The smallest absolute Gasteiger partial charge is 0.0704 e. The molecule has 0 aromatic heterocycles. The molecule has 0 spiro atoms. The first-order valence-corrected chi connectivity index (χ1v) is 6.51. The van der Waals surface area contributed by atoms with E-state index in [0.29, 0.717) is 0 Å². The average Bonchev–Trinajstić information content (AvgIpc) is 2.99. The summed E-state index contributed by atoms with van der Waals surface area (Å²) >= 11 is 1.71. The lowest BCUT2D eigenvalue weighted by Crippen LogP contribution is -1.88. The van der Waals surface area contributed by atoms with E-state index < -0.39 is 0 Å². The molecule has 2 heteroatoms. The predicted molar refractivity (Wildman–Crippen MR) is 66.8 cm³/mol. The van der Waals surface area contributed by atoms with E-state index in [4.69, 9.17) is 0 Å². The van der Waals surface area contributed by atoms with E-state index in [9.17, 15) is 0 Å². The SMILES string of the molecule is CC.CSC(C)=NC1=CC2CC2C=C1. The van der Waals surface area contributed by atoms with Crippen molar-refractivity contribution in [2.75, 3.05) is 6.26 Å². The highest BCUT2D eigenvalue weighted by Crippen LogP contribution is 2.44. The first kappa shape index (κ1) is 11.6. The normalized spacial score (nSPS) is 28.6. The van der Waals surface area contributed by atoms with Crippen LogP contribution in [0.3, 0.4) is 0 Å². The van der Waals surface area contributed by atoms with E-state index in [1.165, 1.54) is 6.42 Å². The molecule has 2 aliphatic carbocycles. The van der Waals surface area contributed by atoms with Gasteiger partial charge in [-0.15, -0.1) is 11.8 Å². The second-order valence-electron chi connectivity index (χ2n) is 3.35. The predicted octanol–water partition coefficient (Wildman–Crippen LogP) is 3.88. The van der Waals surface area contributed by atoms with Crippen LogP contribution in [0.4, 0.5) is 0 Å². The van der Waals surface area contributed by atoms with Gasteiger partial charge in [-0.1, -0.05) is 26.0 Å². The van der Waals surface area contributed by atoms with Gasteiger partial charge in [-0.3, -0.25) is 0 Å². The van der Waals surface area contributed by atoms with E-state index in [-0.39, 0.29) is 0 Å². The third-order valence-electron chi connectivity index (χ3n) is 2.37. The standard InChI is InChI=1S/C10H13NS.C2H6/c1-7(12-2)11-10-4-3-8-5-9(8)6-10;1-2/h3-4,6,8-9H,5H2,1-2H3;1-2H3. The van der Waals surface area contributed by atoms with Crippen LogP contribution >= 0.6 is 11.8 Å². The molecule has 1 fully saturated rings. The van der Waals surface area contributed by atoms with Crippen LogP contribution in [-0.4, -0.2) is 11.3 Å². The summed E-state index contributed by atoms with van der Waals surface area (Å²) in [5, 5.41) is 1.14. The van der Waals surface area contributed by atoms with Crippen LogP contribution in [0.25, 0.3) is 0 Å². The van der Waals surface area contributed by atoms with Gasteiger partial charge in [-0.2, -0.15) is 0 Å². The Balaban J connectivity index is 0.000000461. The first-order valence-electron chi connectivity index (χ1n) is 5.29. The molecule has 1 saturated carbocycles. The molecule has 0 aromatic carbocycles. The summed E-state index contributed by atoms with van der Waals surface area (Å²) in [5.41, 5.74) is 1.15. The molecule has 0 aromatic rings. The van der Waals surface area contributed by atoms with Crippen molar-refractivity contribution in [2.45, 2.75) is 27.2 Å². The van der Waals surface area contributed by atoms with Crippen molar-refractivity contribution in [3.05, 3.63) is 23.9 Å². The molecule has 0 aliphatic heterocycles. The number of rotatable bonds is 1. The zero-order valence-corrected chi connectivity index (χ0v) is 10.3. The average molecular weight is 209 g/mol. The third kappa shape index (κ3) is 3.02. The quantitative estimate of drug-likeness (QED) is 0.471. The zero-order chi connectivity index (χ0) is 10.6. The van der Waals surface area contributed by atoms with Crippen molar-refractivity contribution in [2.24, 2.45) is 16.8 Å². The van der Waals surface area contributed by atoms with Crippen LogP contribution in [-0.2, 0) is 0 Å². The van der Waals surface area contributed by atoms with Gasteiger partial charge in [-0.05, 0) is 37.5 Å². The summed E-state index contributed by atoms with van der Waals surface area (Å²) in [6.45, 7) is 6.05. The Bertz CT molecular complexity index is 276. The molecule has 0 amide bonds. The van der Waals surface area contributed by atoms with Crippen molar-refractivity contribution in [1.29, 1.82) is 0 Å². The maximum atomic E-state index is 4.49. The van der Waals surface area contributed by atoms with Gasteiger partial charge in [0.05, 0.1) is 10.7 Å². The summed E-state index contributed by atoms with van der Waals surface area (Å²) in [5.74, 6) is 1.65. The molecule has 0 N–H and O–H groups in total. The Hall–Kier alpha value is -0.500. The van der Waals surface area contributed by atoms with E-state index in [2.05, 4.69) is 36.4 Å². The summed E-state index contributed by atoms with van der Waals surface area (Å²) in [6, 6.07) is 0. The number of thioether (sulfide) groups is 1. The molecular weight excluding hydrogens is 190 g/mol. The lowest BCUT2D eigenvalue weighted by molar-refractivity contribution is 0.960. The molecule has 0 saturated heterocycles. The Morgan fingerprint density at radius 3 is 2.71 bits per heavy atom. The Labute approximate surface area is 91.4 Å². The van der Waals surface area contributed by atoms with Crippen LogP contribution < -0.4 is 0 Å². The van der Waals surface area contributed by atoms with Gasteiger partial charge in [-0.25, -0.2) is 4.99 Å². The molecule has 0 bridgehead atoms. The topological polar surface area (TPSA) is 12.4 Å². The molecule has 0 radical (unpaired) electrons. The number of nitrogens with zero attached hydrogens (tertiary/aromatic N) is 1. The Morgan fingerprint density at radius 1 is 1.43 bits per heavy atom. The fourth-order valence-corrected chi connectivity index (χ4v) is 1.64. The van der Waals surface area contributed by atoms with Crippen molar-refractivity contribution >= 4 is 16.8 Å². The van der Waals surface area contributed by atoms with Gasteiger partial charge in [0.25, 0.3) is 0 Å². The minimum absolute atomic E-state index is 0.809. The van der Waals surface area contributed by atoms with Gasteiger partial charge in [0.1, 0.15) is 0 Å². The highest BCUT2D eigenvalue weighted by atomic mass is 32.2. The molecule has 2 atom stereocenters. The molecular formula is C12H19NS. The van der Waals surface area contributed by atoms with Crippen molar-refractivity contribution in [3.63, 3.8) is 0 Å². The Kier molecular flexibility index (Phi) is 4.46. The monoisotopic (exact) mass is 209 g/mol. The first-order chi connectivity index (χ1) is 6.79. The van der Waals surface area contributed by atoms with E-state index in [1.807, 2.05) is 13.8 Å². The molecule has 78 valence electrons. The van der Waals surface area contributed by atoms with Crippen LogP contribution in [0.2, 0.25) is 0 Å². The van der Waals surface area contributed by atoms with Gasteiger partial charge in [0.2, 0.25) is 0 Å². The van der Waals surface area contributed by atoms with Gasteiger partial charge >= 0.3 is 0 Å². The number of aliphatic imine (C=N–C) groups is 1. The second-order valence-corrected chi connectivity index (χ2v) is 4.35. The van der Waals surface area contributed by atoms with E-state index in [1.54, 1.807) is 11.8 Å². The number of allylic oxidation sites excluding steroid dienone is 3. The van der Waals surface area contributed by atoms with Gasteiger partial charge in [0.15, 0.2) is 0 Å². The minimum atomic E-state index is 0.809. The lowest BCUT2D eigenvalue weighted by atomic mass is 10.1. The number of hydrogen-bond acceptors (Lipinski definition) is 2. The number of hydrogen-bond donors (Lipinski definition) is 0. The fraction of sp³-hybridized carbons (Fsp3) is 0.583. The molecule has 2 unspecified atom stereocenters. The maximum absolute atomic E-state index is 4.49. The third-order valence-corrected chi connectivity index (χ3v) is 3.05. The summed E-state index contributed by atoms with van der Waals surface area (Å²) in [7, 11) is 0. The van der Waals surface area contributed by atoms with Crippen LogP contribution in [0, 0.1) is 11.8 Å². The second kappa shape index (κ2) is 5.40. The lowest BCUT2D eigenvalue weighted by Gasteiger charge is -2.01. The highest BCUT2D eigenvalue weighted by molar-refractivity contribution is 8.13. The molecule has 2 aliphatic rings. The molecule has 0 heterocycles. The molecule has 1 nitrogen and oxygen atoms in total. The molecule has 2 rings (SSSR count).